The van der Waals surface area contributed by atoms with Crippen LogP contribution in [0.3, 0.4) is 0 Å². The van der Waals surface area contributed by atoms with Crippen LogP contribution in [0.4, 0.5) is 5.69 Å². The first-order valence-corrected chi connectivity index (χ1v) is 9.82. The standard InChI is InChI=1S/C22H22N2O4/c1-13-4-8-16(9-5-13)23(20(25)17-3-2-10-28-17)12-24-21(26)18-14-6-7-15(11-14)19(18)22(24)27/h2-5,8-10,14-15,18-19H,6-7,11-12H2,1H3/t14-,15+,18+,19-. The largest absolute Gasteiger partial charge is 0.459 e. The first kappa shape index (κ1) is 17.2. The van der Waals surface area contributed by atoms with E-state index in [1.165, 1.54) is 16.1 Å². The molecule has 1 saturated heterocycles. The normalized spacial score (nSPS) is 28.1. The third-order valence-corrected chi connectivity index (χ3v) is 6.62. The number of hydrogen-bond acceptors (Lipinski definition) is 4. The molecule has 0 spiro atoms. The van der Waals surface area contributed by atoms with Crippen LogP contribution in [0.25, 0.3) is 0 Å². The van der Waals surface area contributed by atoms with Crippen LogP contribution in [-0.2, 0) is 9.59 Å². The van der Waals surface area contributed by atoms with Crippen molar-refractivity contribution in [3.63, 3.8) is 0 Å². The third-order valence-electron chi connectivity index (χ3n) is 6.62. The van der Waals surface area contributed by atoms with Crippen molar-refractivity contribution in [2.75, 3.05) is 11.6 Å². The van der Waals surface area contributed by atoms with Crippen molar-refractivity contribution >= 4 is 23.4 Å². The Bertz CT molecular complexity index is 906. The summed E-state index contributed by atoms with van der Waals surface area (Å²) in [5.74, 6) is -0.155. The second-order valence-corrected chi connectivity index (χ2v) is 8.18. The Morgan fingerprint density at radius 3 is 2.29 bits per heavy atom. The Morgan fingerprint density at radius 1 is 1.07 bits per heavy atom. The average Bonchev–Trinajstić information content (AvgIpc) is 3.47. The summed E-state index contributed by atoms with van der Waals surface area (Å²) in [6, 6.07) is 10.7. The molecule has 0 radical (unpaired) electrons. The molecule has 2 bridgehead atoms. The molecule has 2 aromatic rings. The van der Waals surface area contributed by atoms with Crippen LogP contribution in [0.5, 0.6) is 0 Å². The summed E-state index contributed by atoms with van der Waals surface area (Å²) < 4.78 is 5.28. The summed E-state index contributed by atoms with van der Waals surface area (Å²) >= 11 is 0. The van der Waals surface area contributed by atoms with Crippen molar-refractivity contribution in [3.8, 4) is 0 Å². The molecule has 2 saturated carbocycles. The fourth-order valence-corrected chi connectivity index (χ4v) is 5.27. The van der Waals surface area contributed by atoms with E-state index in [1.807, 2.05) is 31.2 Å². The highest BCUT2D eigenvalue weighted by Gasteiger charge is 2.61. The maximum absolute atomic E-state index is 13.1. The number of furan rings is 1. The summed E-state index contributed by atoms with van der Waals surface area (Å²) in [5.41, 5.74) is 1.70. The molecular formula is C22H22N2O4. The molecule has 28 heavy (non-hydrogen) atoms. The van der Waals surface area contributed by atoms with Crippen LogP contribution >= 0.6 is 0 Å². The molecule has 3 amide bonds. The average molecular weight is 378 g/mol. The molecule has 2 heterocycles. The van der Waals surface area contributed by atoms with Gasteiger partial charge in [0.05, 0.1) is 18.1 Å². The lowest BCUT2D eigenvalue weighted by Crippen LogP contribution is -2.45. The molecule has 6 heteroatoms. The summed E-state index contributed by atoms with van der Waals surface area (Å²) in [5, 5.41) is 0. The first-order chi connectivity index (χ1) is 13.5. The molecule has 3 aliphatic rings. The summed E-state index contributed by atoms with van der Waals surface area (Å²) in [6.07, 6.45) is 4.50. The lowest BCUT2D eigenvalue weighted by Gasteiger charge is -2.27. The van der Waals surface area contributed by atoms with Gasteiger partial charge < -0.3 is 4.42 Å². The van der Waals surface area contributed by atoms with Crippen molar-refractivity contribution in [2.45, 2.75) is 26.2 Å². The molecule has 3 fully saturated rings. The topological polar surface area (TPSA) is 70.8 Å². The van der Waals surface area contributed by atoms with Gasteiger partial charge in [-0.1, -0.05) is 17.7 Å². The van der Waals surface area contributed by atoms with Crippen molar-refractivity contribution in [2.24, 2.45) is 23.7 Å². The quantitative estimate of drug-likeness (QED) is 0.766. The Hall–Kier alpha value is -2.89. The molecule has 1 aliphatic heterocycles. The Morgan fingerprint density at radius 2 is 1.71 bits per heavy atom. The zero-order valence-corrected chi connectivity index (χ0v) is 15.7. The molecule has 1 aromatic heterocycles. The van der Waals surface area contributed by atoms with Crippen LogP contribution in [0.15, 0.2) is 47.1 Å². The number of hydrogen-bond donors (Lipinski definition) is 0. The summed E-state index contributed by atoms with van der Waals surface area (Å²) in [4.78, 5) is 41.9. The number of likely N-dealkylation sites (tertiary alicyclic amines) is 1. The van der Waals surface area contributed by atoms with Gasteiger partial charge >= 0.3 is 0 Å². The zero-order chi connectivity index (χ0) is 19.4. The van der Waals surface area contributed by atoms with Gasteiger partial charge in [0.2, 0.25) is 11.8 Å². The molecular weight excluding hydrogens is 356 g/mol. The van der Waals surface area contributed by atoms with E-state index < -0.39 is 0 Å². The number of fused-ring (bicyclic) bond motifs is 5. The minimum Gasteiger partial charge on any atom is -0.459 e. The molecule has 6 nitrogen and oxygen atoms in total. The summed E-state index contributed by atoms with van der Waals surface area (Å²) in [7, 11) is 0. The molecule has 1 aromatic carbocycles. The molecule has 144 valence electrons. The van der Waals surface area contributed by atoms with Crippen LogP contribution in [0, 0.1) is 30.6 Å². The minimum atomic E-state index is -0.366. The van der Waals surface area contributed by atoms with Crippen molar-refractivity contribution in [1.29, 1.82) is 0 Å². The van der Waals surface area contributed by atoms with E-state index in [9.17, 15) is 14.4 Å². The van der Waals surface area contributed by atoms with E-state index in [4.69, 9.17) is 4.42 Å². The van der Waals surface area contributed by atoms with Gasteiger partial charge in [0.25, 0.3) is 5.91 Å². The van der Waals surface area contributed by atoms with E-state index >= 15 is 0 Å². The maximum Gasteiger partial charge on any atom is 0.295 e. The van der Waals surface area contributed by atoms with Crippen LogP contribution in [0.1, 0.15) is 35.4 Å². The number of benzene rings is 1. The molecule has 0 N–H and O–H groups in total. The van der Waals surface area contributed by atoms with E-state index in [0.29, 0.717) is 17.5 Å². The molecule has 0 unspecified atom stereocenters. The van der Waals surface area contributed by atoms with Gasteiger partial charge in [0.1, 0.15) is 6.67 Å². The highest BCUT2D eigenvalue weighted by atomic mass is 16.3. The van der Waals surface area contributed by atoms with E-state index in [-0.39, 0.29) is 42.0 Å². The lowest BCUT2D eigenvalue weighted by molar-refractivity contribution is -0.140. The highest BCUT2D eigenvalue weighted by molar-refractivity contribution is 6.09. The Kier molecular flexibility index (Phi) is 3.89. The van der Waals surface area contributed by atoms with Crippen LogP contribution in [0.2, 0.25) is 0 Å². The van der Waals surface area contributed by atoms with Gasteiger partial charge in [-0.25, -0.2) is 0 Å². The van der Waals surface area contributed by atoms with Crippen LogP contribution < -0.4 is 4.90 Å². The highest BCUT2D eigenvalue weighted by Crippen LogP contribution is 2.56. The monoisotopic (exact) mass is 378 g/mol. The van der Waals surface area contributed by atoms with Gasteiger partial charge in [-0.3, -0.25) is 24.2 Å². The third kappa shape index (κ3) is 2.51. The SMILES string of the molecule is Cc1ccc(N(CN2C(=O)[C@@H]3[C@H]4CC[C@H](C4)[C@@H]3C2=O)C(=O)c2ccco2)cc1. The number of amides is 3. The van der Waals surface area contributed by atoms with E-state index in [1.54, 1.807) is 12.1 Å². The second kappa shape index (κ2) is 6.33. The van der Waals surface area contributed by atoms with E-state index in [0.717, 1.165) is 24.8 Å². The van der Waals surface area contributed by atoms with Gasteiger partial charge in [-0.05, 0) is 62.3 Å². The van der Waals surface area contributed by atoms with Gasteiger partial charge in [0.15, 0.2) is 5.76 Å². The number of anilines is 1. The van der Waals surface area contributed by atoms with Gasteiger partial charge in [0, 0.05) is 5.69 Å². The number of carbonyl (C=O) groups excluding carboxylic acids is 3. The minimum absolute atomic E-state index is 0.0767. The lowest BCUT2D eigenvalue weighted by atomic mass is 9.81. The Labute approximate surface area is 163 Å². The fraction of sp³-hybridized carbons (Fsp3) is 0.409. The Balaban J connectivity index is 1.47. The molecule has 5 rings (SSSR count). The number of imide groups is 1. The maximum atomic E-state index is 13.1. The number of aryl methyl sites for hydroxylation is 1. The van der Waals surface area contributed by atoms with Gasteiger partial charge in [-0.2, -0.15) is 0 Å². The number of rotatable bonds is 4. The zero-order valence-electron chi connectivity index (χ0n) is 15.7. The van der Waals surface area contributed by atoms with Crippen LogP contribution in [-0.4, -0.2) is 29.3 Å². The molecule has 4 atom stereocenters. The first-order valence-electron chi connectivity index (χ1n) is 9.82. The summed E-state index contributed by atoms with van der Waals surface area (Å²) in [6.45, 7) is 1.89. The smallest absolute Gasteiger partial charge is 0.295 e. The van der Waals surface area contributed by atoms with Crippen molar-refractivity contribution < 1.29 is 18.8 Å². The fourth-order valence-electron chi connectivity index (χ4n) is 5.27. The predicted molar refractivity (Wildman–Crippen MR) is 101 cm³/mol. The van der Waals surface area contributed by atoms with Gasteiger partial charge in [-0.15, -0.1) is 0 Å². The predicted octanol–water partition coefficient (Wildman–Crippen LogP) is 3.22. The van der Waals surface area contributed by atoms with Crippen molar-refractivity contribution in [1.82, 2.24) is 4.90 Å². The van der Waals surface area contributed by atoms with E-state index in [2.05, 4.69) is 0 Å². The van der Waals surface area contributed by atoms with Crippen molar-refractivity contribution in [3.05, 3.63) is 54.0 Å². The number of nitrogens with zero attached hydrogens (tertiary/aromatic N) is 2. The number of carbonyl (C=O) groups is 3. The second-order valence-electron chi connectivity index (χ2n) is 8.18. The molecule has 2 aliphatic carbocycles.